The molecular formula is C16H22ClN3O. The van der Waals surface area contributed by atoms with Crippen molar-refractivity contribution >= 4 is 23.2 Å². The lowest BCUT2D eigenvalue weighted by atomic mass is 9.98. The molecule has 1 heterocycles. The number of nitrogens with two attached hydrogens (primary N) is 1. The van der Waals surface area contributed by atoms with E-state index in [4.69, 9.17) is 17.3 Å². The van der Waals surface area contributed by atoms with Crippen LogP contribution in [0.5, 0.6) is 0 Å². The second kappa shape index (κ2) is 6.34. The van der Waals surface area contributed by atoms with Crippen molar-refractivity contribution in [1.82, 2.24) is 4.90 Å². The second-order valence-corrected chi connectivity index (χ2v) is 6.61. The Morgan fingerprint density at radius 1 is 1.33 bits per heavy atom. The Morgan fingerprint density at radius 2 is 2.14 bits per heavy atom. The second-order valence-electron chi connectivity index (χ2n) is 6.20. The van der Waals surface area contributed by atoms with Crippen molar-refractivity contribution in [2.75, 3.05) is 25.0 Å². The van der Waals surface area contributed by atoms with Gasteiger partial charge in [0.2, 0.25) is 5.91 Å². The van der Waals surface area contributed by atoms with Gasteiger partial charge in [-0.25, -0.2) is 0 Å². The zero-order valence-electron chi connectivity index (χ0n) is 12.1. The molecule has 21 heavy (non-hydrogen) atoms. The number of halogens is 1. The molecule has 0 bridgehead atoms. The molecule has 3 rings (SSSR count). The van der Waals surface area contributed by atoms with E-state index in [-0.39, 0.29) is 5.91 Å². The van der Waals surface area contributed by atoms with Gasteiger partial charge in [0.05, 0.1) is 10.7 Å². The molecule has 0 spiro atoms. The summed E-state index contributed by atoms with van der Waals surface area (Å²) in [4.78, 5) is 14.4. The molecule has 1 saturated carbocycles. The fraction of sp³-hybridized carbons (Fsp3) is 0.562. The minimum atomic E-state index is 0.0180. The first kappa shape index (κ1) is 14.8. The fourth-order valence-corrected chi connectivity index (χ4v) is 3.80. The maximum Gasteiger partial charge on any atom is 0.225 e. The lowest BCUT2D eigenvalue weighted by molar-refractivity contribution is -0.116. The van der Waals surface area contributed by atoms with Crippen LogP contribution in [-0.2, 0) is 4.79 Å². The number of amides is 1. The Morgan fingerprint density at radius 3 is 2.90 bits per heavy atom. The van der Waals surface area contributed by atoms with E-state index in [9.17, 15) is 4.79 Å². The Balaban J connectivity index is 1.46. The molecule has 3 unspecified atom stereocenters. The van der Waals surface area contributed by atoms with Gasteiger partial charge in [-0.1, -0.05) is 23.7 Å². The molecule has 0 aromatic heterocycles. The molecule has 4 nitrogen and oxygen atoms in total. The van der Waals surface area contributed by atoms with Gasteiger partial charge in [-0.3, -0.25) is 4.79 Å². The summed E-state index contributed by atoms with van der Waals surface area (Å²) in [6.07, 6.45) is 2.91. The lowest BCUT2D eigenvalue weighted by Crippen LogP contribution is -2.31. The Kier molecular flexibility index (Phi) is 4.48. The number of para-hydroxylation sites is 1. The summed E-state index contributed by atoms with van der Waals surface area (Å²) in [6.45, 7) is 2.94. The third kappa shape index (κ3) is 3.39. The van der Waals surface area contributed by atoms with Crippen LogP contribution in [0.2, 0.25) is 5.02 Å². The molecule has 114 valence electrons. The summed E-state index contributed by atoms with van der Waals surface area (Å²) in [5, 5.41) is 3.45. The summed E-state index contributed by atoms with van der Waals surface area (Å²) in [5.41, 5.74) is 6.82. The Labute approximate surface area is 130 Å². The average molecular weight is 308 g/mol. The van der Waals surface area contributed by atoms with Gasteiger partial charge in [0.1, 0.15) is 0 Å². The van der Waals surface area contributed by atoms with E-state index in [1.807, 2.05) is 18.2 Å². The van der Waals surface area contributed by atoms with Crippen LogP contribution in [0.4, 0.5) is 5.69 Å². The minimum absolute atomic E-state index is 0.0180. The number of carbonyl (C=O) groups is 1. The largest absolute Gasteiger partial charge is 0.327 e. The van der Waals surface area contributed by atoms with Crippen molar-refractivity contribution < 1.29 is 4.79 Å². The molecule has 1 aliphatic carbocycles. The van der Waals surface area contributed by atoms with Crippen LogP contribution in [-0.4, -0.2) is 36.5 Å². The predicted molar refractivity (Wildman–Crippen MR) is 85.3 cm³/mol. The monoisotopic (exact) mass is 307 g/mol. The van der Waals surface area contributed by atoms with Crippen molar-refractivity contribution in [3.05, 3.63) is 29.3 Å². The van der Waals surface area contributed by atoms with Gasteiger partial charge >= 0.3 is 0 Å². The molecular weight excluding hydrogens is 286 g/mol. The number of rotatable bonds is 4. The number of fused-ring (bicyclic) bond motifs is 1. The third-order valence-electron chi connectivity index (χ3n) is 4.79. The smallest absolute Gasteiger partial charge is 0.225 e. The standard InChI is InChI=1S/C16H22ClN3O/c17-13-3-1-2-4-15(13)19-16(21)7-8-20-9-11-5-6-14(18)12(11)10-20/h1-4,11-12,14H,5-10,18H2,(H,19,21). The molecule has 1 aliphatic heterocycles. The van der Waals surface area contributed by atoms with Gasteiger partial charge in [0.25, 0.3) is 0 Å². The third-order valence-corrected chi connectivity index (χ3v) is 5.12. The Hall–Kier alpha value is -1.10. The van der Waals surface area contributed by atoms with Crippen LogP contribution in [0.15, 0.2) is 24.3 Å². The molecule has 3 N–H and O–H groups in total. The van der Waals surface area contributed by atoms with E-state index in [1.54, 1.807) is 6.07 Å². The first-order valence-electron chi connectivity index (χ1n) is 7.66. The predicted octanol–water partition coefficient (Wildman–Crippen LogP) is 2.34. The molecule has 5 heteroatoms. The molecule has 1 aromatic carbocycles. The zero-order valence-corrected chi connectivity index (χ0v) is 12.9. The van der Waals surface area contributed by atoms with Crippen molar-refractivity contribution in [3.8, 4) is 0 Å². The van der Waals surface area contributed by atoms with Gasteiger partial charge in [-0.05, 0) is 36.8 Å². The highest BCUT2D eigenvalue weighted by molar-refractivity contribution is 6.33. The summed E-state index contributed by atoms with van der Waals surface area (Å²) >= 11 is 6.04. The number of likely N-dealkylation sites (tertiary alicyclic amines) is 1. The van der Waals surface area contributed by atoms with E-state index in [1.165, 1.54) is 6.42 Å². The van der Waals surface area contributed by atoms with Gasteiger partial charge in [-0.15, -0.1) is 0 Å². The van der Waals surface area contributed by atoms with E-state index < -0.39 is 0 Å². The maximum absolute atomic E-state index is 12.0. The first-order chi connectivity index (χ1) is 10.1. The lowest BCUT2D eigenvalue weighted by Gasteiger charge is -2.18. The topological polar surface area (TPSA) is 58.4 Å². The highest BCUT2D eigenvalue weighted by Gasteiger charge is 2.40. The SMILES string of the molecule is NC1CCC2CN(CCC(=O)Nc3ccccc3Cl)CC12. The summed E-state index contributed by atoms with van der Waals surface area (Å²) in [6, 6.07) is 7.67. The van der Waals surface area contributed by atoms with Gasteiger partial charge in [0.15, 0.2) is 0 Å². The normalized spacial score (nSPS) is 28.6. The molecule has 2 fully saturated rings. The number of anilines is 1. The molecule has 1 aromatic rings. The van der Waals surface area contributed by atoms with E-state index in [2.05, 4.69) is 10.2 Å². The highest BCUT2D eigenvalue weighted by Crippen LogP contribution is 2.37. The van der Waals surface area contributed by atoms with Crippen LogP contribution in [0.25, 0.3) is 0 Å². The van der Waals surface area contributed by atoms with Crippen molar-refractivity contribution in [2.45, 2.75) is 25.3 Å². The number of hydrogen-bond donors (Lipinski definition) is 2. The van der Waals surface area contributed by atoms with Crippen LogP contribution >= 0.6 is 11.6 Å². The number of nitrogens with zero attached hydrogens (tertiary/aromatic N) is 1. The van der Waals surface area contributed by atoms with Crippen LogP contribution < -0.4 is 11.1 Å². The van der Waals surface area contributed by atoms with Crippen LogP contribution in [0.3, 0.4) is 0 Å². The molecule has 0 radical (unpaired) electrons. The Bertz CT molecular complexity index is 522. The van der Waals surface area contributed by atoms with Crippen LogP contribution in [0, 0.1) is 11.8 Å². The van der Waals surface area contributed by atoms with Gasteiger partial charge in [0, 0.05) is 32.1 Å². The summed E-state index contributed by atoms with van der Waals surface area (Å²) < 4.78 is 0. The molecule has 1 amide bonds. The zero-order chi connectivity index (χ0) is 14.8. The van der Waals surface area contributed by atoms with E-state index >= 15 is 0 Å². The van der Waals surface area contributed by atoms with Crippen molar-refractivity contribution in [2.24, 2.45) is 17.6 Å². The van der Waals surface area contributed by atoms with Gasteiger partial charge < -0.3 is 16.0 Å². The number of benzene rings is 1. The minimum Gasteiger partial charge on any atom is -0.327 e. The highest BCUT2D eigenvalue weighted by atomic mass is 35.5. The summed E-state index contributed by atoms with van der Waals surface area (Å²) in [5.74, 6) is 1.40. The van der Waals surface area contributed by atoms with Gasteiger partial charge in [-0.2, -0.15) is 0 Å². The van der Waals surface area contributed by atoms with E-state index in [0.717, 1.165) is 32.0 Å². The average Bonchev–Trinajstić information content (AvgIpc) is 3.02. The first-order valence-corrected chi connectivity index (χ1v) is 8.03. The number of carbonyl (C=O) groups excluding carboxylic acids is 1. The molecule has 2 aliphatic rings. The maximum atomic E-state index is 12.0. The molecule has 1 saturated heterocycles. The van der Waals surface area contributed by atoms with Crippen molar-refractivity contribution in [1.29, 1.82) is 0 Å². The summed E-state index contributed by atoms with van der Waals surface area (Å²) in [7, 11) is 0. The van der Waals surface area contributed by atoms with Crippen molar-refractivity contribution in [3.63, 3.8) is 0 Å². The number of nitrogens with one attached hydrogen (secondary N) is 1. The quantitative estimate of drug-likeness (QED) is 0.897. The fourth-order valence-electron chi connectivity index (χ4n) is 3.62. The molecule has 3 atom stereocenters. The number of hydrogen-bond acceptors (Lipinski definition) is 3. The van der Waals surface area contributed by atoms with Crippen LogP contribution in [0.1, 0.15) is 19.3 Å². The van der Waals surface area contributed by atoms with E-state index in [0.29, 0.717) is 29.1 Å².